The van der Waals surface area contributed by atoms with Crippen LogP contribution in [0.4, 0.5) is 5.82 Å². The third-order valence-corrected chi connectivity index (χ3v) is 3.55. The van der Waals surface area contributed by atoms with Crippen LogP contribution in [0, 0.1) is 10.1 Å². The molecule has 104 valence electrons. The van der Waals surface area contributed by atoms with Crippen LogP contribution in [-0.4, -0.2) is 17.0 Å². The van der Waals surface area contributed by atoms with Gasteiger partial charge in [-0.15, -0.1) is 0 Å². The molecule has 1 aromatic carbocycles. The number of rotatable bonds is 3. The molecule has 0 atom stereocenters. The molecule has 0 aliphatic carbocycles. The predicted molar refractivity (Wildman–Crippen MR) is 77.9 cm³/mol. The number of ether oxygens (including phenoxy) is 1. The van der Waals surface area contributed by atoms with Crippen LogP contribution < -0.4 is 4.74 Å². The Morgan fingerprint density at radius 3 is 2.40 bits per heavy atom. The zero-order valence-electron chi connectivity index (χ0n) is 10.1. The SMILES string of the molecule is COc1ccc(-c2cc(Cl)c(Cl)cc2Cl)nc1[N+](=O)[O-]. The fourth-order valence-corrected chi connectivity index (χ4v) is 2.24. The van der Waals surface area contributed by atoms with Crippen molar-refractivity contribution in [3.05, 3.63) is 49.4 Å². The summed E-state index contributed by atoms with van der Waals surface area (Å²) >= 11 is 17.8. The third-order valence-electron chi connectivity index (χ3n) is 2.52. The molecule has 2 aromatic rings. The first-order chi connectivity index (χ1) is 9.43. The summed E-state index contributed by atoms with van der Waals surface area (Å²) in [5.41, 5.74) is 0.757. The van der Waals surface area contributed by atoms with E-state index in [1.54, 1.807) is 6.07 Å². The fraction of sp³-hybridized carbons (Fsp3) is 0.0833. The van der Waals surface area contributed by atoms with Crippen molar-refractivity contribution in [2.24, 2.45) is 0 Å². The van der Waals surface area contributed by atoms with E-state index in [-0.39, 0.29) is 10.8 Å². The molecule has 0 unspecified atom stereocenters. The normalized spacial score (nSPS) is 10.4. The van der Waals surface area contributed by atoms with Gasteiger partial charge in [-0.1, -0.05) is 34.8 Å². The molecule has 0 spiro atoms. The van der Waals surface area contributed by atoms with E-state index in [1.807, 2.05) is 0 Å². The molecule has 0 saturated heterocycles. The van der Waals surface area contributed by atoms with E-state index in [0.29, 0.717) is 21.3 Å². The first kappa shape index (κ1) is 14.8. The first-order valence-electron chi connectivity index (χ1n) is 5.28. The second-order valence-corrected chi connectivity index (χ2v) is 4.95. The highest BCUT2D eigenvalue weighted by molar-refractivity contribution is 6.44. The minimum absolute atomic E-state index is 0.0648. The minimum Gasteiger partial charge on any atom is -0.489 e. The topological polar surface area (TPSA) is 65.3 Å². The molecule has 2 rings (SSSR count). The molecule has 0 aliphatic rings. The number of nitrogens with zero attached hydrogens (tertiary/aromatic N) is 2. The Bertz CT molecular complexity index is 692. The summed E-state index contributed by atoms with van der Waals surface area (Å²) in [5.74, 6) is -0.331. The Balaban J connectivity index is 2.62. The molecule has 0 fully saturated rings. The zero-order chi connectivity index (χ0) is 14.9. The highest BCUT2D eigenvalue weighted by atomic mass is 35.5. The smallest absolute Gasteiger partial charge is 0.406 e. The first-order valence-corrected chi connectivity index (χ1v) is 6.41. The lowest BCUT2D eigenvalue weighted by Gasteiger charge is -2.05. The number of nitro groups is 1. The van der Waals surface area contributed by atoms with Gasteiger partial charge in [-0.25, -0.2) is 0 Å². The number of halogens is 3. The number of hydrogen-bond acceptors (Lipinski definition) is 4. The average molecular weight is 334 g/mol. The van der Waals surface area contributed by atoms with E-state index in [0.717, 1.165) is 0 Å². The van der Waals surface area contributed by atoms with Gasteiger partial charge in [-0.3, -0.25) is 0 Å². The second-order valence-electron chi connectivity index (χ2n) is 3.73. The van der Waals surface area contributed by atoms with E-state index in [2.05, 4.69) is 4.98 Å². The van der Waals surface area contributed by atoms with Crippen LogP contribution in [0.25, 0.3) is 11.3 Å². The molecule has 5 nitrogen and oxygen atoms in total. The average Bonchev–Trinajstić information content (AvgIpc) is 2.42. The van der Waals surface area contributed by atoms with Gasteiger partial charge in [0, 0.05) is 5.56 Å². The molecule has 8 heteroatoms. The lowest BCUT2D eigenvalue weighted by molar-refractivity contribution is -0.390. The largest absolute Gasteiger partial charge is 0.489 e. The van der Waals surface area contributed by atoms with Gasteiger partial charge in [-0.05, 0) is 34.2 Å². The van der Waals surface area contributed by atoms with Crippen LogP contribution in [0.3, 0.4) is 0 Å². The van der Waals surface area contributed by atoms with Crippen LogP contribution in [0.5, 0.6) is 5.75 Å². The highest BCUT2D eigenvalue weighted by Gasteiger charge is 2.21. The van der Waals surface area contributed by atoms with Crippen molar-refractivity contribution in [1.29, 1.82) is 0 Å². The lowest BCUT2D eigenvalue weighted by Crippen LogP contribution is -1.98. The van der Waals surface area contributed by atoms with E-state index in [4.69, 9.17) is 39.5 Å². The number of pyridine rings is 1. The van der Waals surface area contributed by atoms with Crippen LogP contribution in [0.1, 0.15) is 0 Å². The van der Waals surface area contributed by atoms with Gasteiger partial charge in [0.2, 0.25) is 5.75 Å². The van der Waals surface area contributed by atoms with E-state index >= 15 is 0 Å². The summed E-state index contributed by atoms with van der Waals surface area (Å²) in [4.78, 5) is 14.3. The maximum absolute atomic E-state index is 11.0. The Kier molecular flexibility index (Phi) is 4.32. The molecule has 20 heavy (non-hydrogen) atoms. The minimum atomic E-state index is -0.631. The van der Waals surface area contributed by atoms with Gasteiger partial charge in [0.25, 0.3) is 0 Å². The summed E-state index contributed by atoms with van der Waals surface area (Å²) in [6, 6.07) is 5.96. The van der Waals surface area contributed by atoms with Gasteiger partial charge < -0.3 is 14.9 Å². The summed E-state index contributed by atoms with van der Waals surface area (Å²) in [6.45, 7) is 0. The molecule has 0 amide bonds. The number of aromatic nitrogens is 1. The number of benzene rings is 1. The third kappa shape index (κ3) is 2.80. The lowest BCUT2D eigenvalue weighted by atomic mass is 10.1. The Morgan fingerprint density at radius 2 is 1.80 bits per heavy atom. The Hall–Kier alpha value is -1.56. The van der Waals surface area contributed by atoms with Gasteiger partial charge >= 0.3 is 5.82 Å². The summed E-state index contributed by atoms with van der Waals surface area (Å²) in [5, 5.41) is 11.8. The van der Waals surface area contributed by atoms with E-state index in [1.165, 1.54) is 25.3 Å². The van der Waals surface area contributed by atoms with Crippen molar-refractivity contribution in [2.75, 3.05) is 7.11 Å². The molecule has 0 radical (unpaired) electrons. The number of methoxy groups -OCH3 is 1. The maximum atomic E-state index is 11.0. The monoisotopic (exact) mass is 332 g/mol. The fourth-order valence-electron chi connectivity index (χ4n) is 1.59. The molecular formula is C12H7Cl3N2O3. The van der Waals surface area contributed by atoms with Crippen molar-refractivity contribution in [3.63, 3.8) is 0 Å². The van der Waals surface area contributed by atoms with Crippen LogP contribution >= 0.6 is 34.8 Å². The Morgan fingerprint density at radius 1 is 1.15 bits per heavy atom. The van der Waals surface area contributed by atoms with Crippen LogP contribution in [-0.2, 0) is 0 Å². The molecule has 0 N–H and O–H groups in total. The van der Waals surface area contributed by atoms with Crippen molar-refractivity contribution in [2.45, 2.75) is 0 Å². The summed E-state index contributed by atoms with van der Waals surface area (Å²) in [6.07, 6.45) is 0. The van der Waals surface area contributed by atoms with Gasteiger partial charge in [0.15, 0.2) is 5.69 Å². The van der Waals surface area contributed by atoms with Crippen LogP contribution in [0.15, 0.2) is 24.3 Å². The summed E-state index contributed by atoms with van der Waals surface area (Å²) in [7, 11) is 1.33. The Labute approximate surface area is 129 Å². The number of hydrogen-bond donors (Lipinski definition) is 0. The van der Waals surface area contributed by atoms with Gasteiger partial charge in [0.05, 0.1) is 22.2 Å². The standard InChI is InChI=1S/C12H7Cl3N2O3/c1-20-11-3-2-10(16-12(11)17(18)19)6-4-8(14)9(15)5-7(6)13/h2-5H,1H3. The molecule has 0 bridgehead atoms. The summed E-state index contributed by atoms with van der Waals surface area (Å²) < 4.78 is 4.89. The molecule has 0 saturated carbocycles. The molecule has 0 aliphatic heterocycles. The van der Waals surface area contributed by atoms with Crippen molar-refractivity contribution in [1.82, 2.24) is 4.98 Å². The second kappa shape index (κ2) is 5.83. The van der Waals surface area contributed by atoms with E-state index < -0.39 is 10.7 Å². The highest BCUT2D eigenvalue weighted by Crippen LogP contribution is 2.36. The molecule has 1 aromatic heterocycles. The molecule has 1 heterocycles. The maximum Gasteiger partial charge on any atom is 0.406 e. The van der Waals surface area contributed by atoms with Crippen LogP contribution in [0.2, 0.25) is 15.1 Å². The molecular weight excluding hydrogens is 327 g/mol. The van der Waals surface area contributed by atoms with Crippen molar-refractivity contribution < 1.29 is 9.66 Å². The van der Waals surface area contributed by atoms with E-state index in [9.17, 15) is 10.1 Å². The zero-order valence-corrected chi connectivity index (χ0v) is 12.3. The van der Waals surface area contributed by atoms with Gasteiger partial charge in [-0.2, -0.15) is 0 Å². The van der Waals surface area contributed by atoms with Crippen molar-refractivity contribution in [3.8, 4) is 17.0 Å². The quantitative estimate of drug-likeness (QED) is 0.467. The van der Waals surface area contributed by atoms with Crippen molar-refractivity contribution >= 4 is 40.6 Å². The predicted octanol–water partition coefficient (Wildman–Crippen LogP) is 4.63. The van der Waals surface area contributed by atoms with Gasteiger partial charge in [0.1, 0.15) is 0 Å².